The smallest absolute Gasteiger partial charge is 0.0960 e. The first kappa shape index (κ1) is 16.7. The van der Waals surface area contributed by atoms with Crippen LogP contribution in [0.2, 0.25) is 0 Å². The number of halogens is 1. The molecule has 1 rings (SSSR count). The molecule has 0 aromatic heterocycles. The van der Waals surface area contributed by atoms with Crippen LogP contribution in [-0.4, -0.2) is 18.7 Å². The molecule has 108 valence electrons. The number of ether oxygens (including phenoxy) is 1. The van der Waals surface area contributed by atoms with E-state index in [9.17, 15) is 0 Å². The lowest BCUT2D eigenvalue weighted by Crippen LogP contribution is -2.39. The van der Waals surface area contributed by atoms with Crippen molar-refractivity contribution in [2.45, 2.75) is 46.3 Å². The molecule has 0 bridgehead atoms. The van der Waals surface area contributed by atoms with Crippen molar-refractivity contribution in [3.8, 4) is 0 Å². The van der Waals surface area contributed by atoms with E-state index in [0.29, 0.717) is 5.92 Å². The van der Waals surface area contributed by atoms with Crippen LogP contribution in [0, 0.1) is 5.92 Å². The van der Waals surface area contributed by atoms with Gasteiger partial charge in [0.05, 0.1) is 6.10 Å². The summed E-state index contributed by atoms with van der Waals surface area (Å²) < 4.78 is 7.18. The van der Waals surface area contributed by atoms with E-state index < -0.39 is 0 Å². The molecule has 1 atom stereocenters. The predicted molar refractivity (Wildman–Crippen MR) is 85.4 cm³/mol. The van der Waals surface area contributed by atoms with Crippen LogP contribution in [0.15, 0.2) is 28.7 Å². The monoisotopic (exact) mass is 327 g/mol. The summed E-state index contributed by atoms with van der Waals surface area (Å²) in [4.78, 5) is 0. The first-order valence-corrected chi connectivity index (χ1v) is 7.70. The standard InChI is InChI=1S/C16H26BrNO/c1-12(2)11-19-15(10-18-16(3,4)5)13-8-6-7-9-14(13)17/h6-9,12,15,18H,10-11H2,1-5H3. The minimum atomic E-state index is 0.0807. The molecule has 19 heavy (non-hydrogen) atoms. The first-order chi connectivity index (χ1) is 8.79. The molecule has 1 unspecified atom stereocenters. The molecular formula is C16H26BrNO. The lowest BCUT2D eigenvalue weighted by Gasteiger charge is -2.27. The van der Waals surface area contributed by atoms with Gasteiger partial charge >= 0.3 is 0 Å². The number of benzene rings is 1. The highest BCUT2D eigenvalue weighted by Crippen LogP contribution is 2.26. The van der Waals surface area contributed by atoms with Crippen LogP contribution < -0.4 is 5.32 Å². The van der Waals surface area contributed by atoms with E-state index in [0.717, 1.165) is 17.6 Å². The summed E-state index contributed by atoms with van der Waals surface area (Å²) in [5.41, 5.74) is 1.31. The largest absolute Gasteiger partial charge is 0.372 e. The van der Waals surface area contributed by atoms with Gasteiger partial charge in [-0.25, -0.2) is 0 Å². The molecule has 0 aliphatic rings. The van der Waals surface area contributed by atoms with Gasteiger partial charge in [-0.05, 0) is 38.3 Å². The van der Waals surface area contributed by atoms with E-state index in [4.69, 9.17) is 4.74 Å². The number of hydrogen-bond donors (Lipinski definition) is 1. The van der Waals surface area contributed by atoms with Gasteiger partial charge < -0.3 is 10.1 Å². The maximum Gasteiger partial charge on any atom is 0.0960 e. The highest BCUT2D eigenvalue weighted by atomic mass is 79.9. The zero-order valence-corrected chi connectivity index (χ0v) is 14.3. The summed E-state index contributed by atoms with van der Waals surface area (Å²) in [5.74, 6) is 0.541. The lowest BCUT2D eigenvalue weighted by atomic mass is 10.1. The number of nitrogens with one attached hydrogen (secondary N) is 1. The summed E-state index contributed by atoms with van der Waals surface area (Å²) in [6.45, 7) is 12.5. The second-order valence-corrected chi connectivity index (χ2v) is 7.22. The van der Waals surface area contributed by atoms with E-state index >= 15 is 0 Å². The summed E-state index contributed by atoms with van der Waals surface area (Å²) in [7, 11) is 0. The Labute approximate surface area is 126 Å². The maximum absolute atomic E-state index is 6.07. The van der Waals surface area contributed by atoms with Gasteiger partial charge in [0.25, 0.3) is 0 Å². The second-order valence-electron chi connectivity index (χ2n) is 6.37. The van der Waals surface area contributed by atoms with Crippen molar-refractivity contribution in [2.75, 3.05) is 13.2 Å². The molecule has 0 aliphatic heterocycles. The fraction of sp³-hybridized carbons (Fsp3) is 0.625. The Morgan fingerprint density at radius 3 is 2.37 bits per heavy atom. The maximum atomic E-state index is 6.07. The average molecular weight is 328 g/mol. The van der Waals surface area contributed by atoms with E-state index in [1.54, 1.807) is 0 Å². The van der Waals surface area contributed by atoms with Crippen LogP contribution in [0.25, 0.3) is 0 Å². The molecule has 0 saturated carbocycles. The van der Waals surface area contributed by atoms with Gasteiger partial charge in [0.2, 0.25) is 0 Å². The predicted octanol–water partition coefficient (Wildman–Crippen LogP) is 4.55. The zero-order valence-electron chi connectivity index (χ0n) is 12.7. The van der Waals surface area contributed by atoms with Crippen molar-refractivity contribution in [1.29, 1.82) is 0 Å². The molecule has 0 fully saturated rings. The van der Waals surface area contributed by atoms with Gasteiger partial charge in [0.1, 0.15) is 0 Å². The third-order valence-electron chi connectivity index (χ3n) is 2.70. The van der Waals surface area contributed by atoms with Crippen molar-refractivity contribution in [1.82, 2.24) is 5.32 Å². The SMILES string of the molecule is CC(C)COC(CNC(C)(C)C)c1ccccc1Br. The van der Waals surface area contributed by atoms with Crippen LogP contribution in [0.5, 0.6) is 0 Å². The van der Waals surface area contributed by atoms with Crippen LogP contribution in [0.4, 0.5) is 0 Å². The van der Waals surface area contributed by atoms with E-state index in [1.165, 1.54) is 5.56 Å². The molecule has 0 amide bonds. The zero-order chi connectivity index (χ0) is 14.5. The quantitative estimate of drug-likeness (QED) is 0.827. The van der Waals surface area contributed by atoms with Crippen LogP contribution >= 0.6 is 15.9 Å². The molecule has 1 aromatic carbocycles. The molecule has 0 heterocycles. The summed E-state index contributed by atoms with van der Waals surface area (Å²) in [6, 6.07) is 8.28. The van der Waals surface area contributed by atoms with E-state index in [-0.39, 0.29) is 11.6 Å². The first-order valence-electron chi connectivity index (χ1n) is 6.90. The number of rotatable bonds is 6. The average Bonchev–Trinajstić information content (AvgIpc) is 2.29. The van der Waals surface area contributed by atoms with Gasteiger partial charge in [0, 0.05) is 23.2 Å². The Balaban J connectivity index is 2.77. The van der Waals surface area contributed by atoms with E-state index in [1.807, 2.05) is 6.07 Å². The van der Waals surface area contributed by atoms with Crippen LogP contribution in [0.1, 0.15) is 46.3 Å². The molecule has 1 N–H and O–H groups in total. The molecule has 1 aromatic rings. The second kappa shape index (κ2) is 7.41. The Hall–Kier alpha value is -0.380. The van der Waals surface area contributed by atoms with Gasteiger partial charge in [-0.15, -0.1) is 0 Å². The summed E-state index contributed by atoms with van der Waals surface area (Å²) in [5, 5.41) is 3.53. The van der Waals surface area contributed by atoms with E-state index in [2.05, 4.69) is 74.1 Å². The van der Waals surface area contributed by atoms with Gasteiger partial charge in [-0.1, -0.05) is 48.0 Å². The third-order valence-corrected chi connectivity index (χ3v) is 3.42. The van der Waals surface area contributed by atoms with Crippen molar-refractivity contribution >= 4 is 15.9 Å². The molecular weight excluding hydrogens is 302 g/mol. The Kier molecular flexibility index (Phi) is 6.51. The molecule has 0 spiro atoms. The summed E-state index contributed by atoms with van der Waals surface area (Å²) in [6.07, 6.45) is 0.0807. The fourth-order valence-corrected chi connectivity index (χ4v) is 2.24. The Morgan fingerprint density at radius 1 is 1.21 bits per heavy atom. The summed E-state index contributed by atoms with van der Waals surface area (Å²) >= 11 is 3.62. The van der Waals surface area contributed by atoms with Crippen LogP contribution in [0.3, 0.4) is 0 Å². The van der Waals surface area contributed by atoms with Crippen molar-refractivity contribution in [3.05, 3.63) is 34.3 Å². The molecule has 2 nitrogen and oxygen atoms in total. The molecule has 0 aliphatic carbocycles. The molecule has 3 heteroatoms. The van der Waals surface area contributed by atoms with Crippen molar-refractivity contribution in [2.24, 2.45) is 5.92 Å². The third kappa shape index (κ3) is 6.55. The lowest BCUT2D eigenvalue weighted by molar-refractivity contribution is 0.0311. The Bertz CT molecular complexity index is 385. The molecule has 0 saturated heterocycles. The highest BCUT2D eigenvalue weighted by Gasteiger charge is 2.18. The van der Waals surface area contributed by atoms with Gasteiger partial charge in [-0.2, -0.15) is 0 Å². The van der Waals surface area contributed by atoms with Crippen molar-refractivity contribution in [3.63, 3.8) is 0 Å². The minimum absolute atomic E-state index is 0.0807. The highest BCUT2D eigenvalue weighted by molar-refractivity contribution is 9.10. The van der Waals surface area contributed by atoms with Crippen LogP contribution in [-0.2, 0) is 4.74 Å². The fourth-order valence-electron chi connectivity index (χ4n) is 1.70. The minimum Gasteiger partial charge on any atom is -0.372 e. The molecule has 0 radical (unpaired) electrons. The number of hydrogen-bond acceptors (Lipinski definition) is 2. The van der Waals surface area contributed by atoms with Gasteiger partial charge in [0.15, 0.2) is 0 Å². The topological polar surface area (TPSA) is 21.3 Å². The van der Waals surface area contributed by atoms with Crippen molar-refractivity contribution < 1.29 is 4.74 Å². The normalized spacial score (nSPS) is 13.8. The van der Waals surface area contributed by atoms with Gasteiger partial charge in [-0.3, -0.25) is 0 Å². The Morgan fingerprint density at radius 2 is 1.84 bits per heavy atom.